The molecule has 1 saturated heterocycles. The second kappa shape index (κ2) is 5.71. The molecule has 3 heterocycles. The summed E-state index contributed by atoms with van der Waals surface area (Å²) >= 11 is 0. The maximum atomic E-state index is 4.55. The fourth-order valence-electron chi connectivity index (χ4n) is 2.79. The summed E-state index contributed by atoms with van der Waals surface area (Å²) in [5.41, 5.74) is 2.95. The van der Waals surface area contributed by atoms with Crippen molar-refractivity contribution in [3.05, 3.63) is 30.5 Å². The summed E-state index contributed by atoms with van der Waals surface area (Å²) in [5.74, 6) is 0.714. The van der Waals surface area contributed by atoms with Gasteiger partial charge in [-0.1, -0.05) is 0 Å². The van der Waals surface area contributed by atoms with Crippen LogP contribution >= 0.6 is 0 Å². The molecule has 0 aliphatic carbocycles. The number of aromatic nitrogens is 4. The highest BCUT2D eigenvalue weighted by atomic mass is 15.2. The molecule has 3 rings (SSSR count). The minimum absolute atomic E-state index is 0.648. The highest BCUT2D eigenvalue weighted by Crippen LogP contribution is 2.22. The molecular formula is C15H21N5. The third-order valence-electron chi connectivity index (χ3n) is 4.04. The first-order chi connectivity index (χ1) is 9.72. The molecule has 5 nitrogen and oxygen atoms in total. The van der Waals surface area contributed by atoms with E-state index in [4.69, 9.17) is 0 Å². The van der Waals surface area contributed by atoms with Gasteiger partial charge in [0.05, 0.1) is 23.8 Å². The van der Waals surface area contributed by atoms with Crippen LogP contribution in [0.2, 0.25) is 0 Å². The average molecular weight is 271 g/mol. The second-order valence-corrected chi connectivity index (χ2v) is 5.83. The monoisotopic (exact) mass is 271 g/mol. The summed E-state index contributed by atoms with van der Waals surface area (Å²) in [7, 11) is 0. The molecule has 5 heteroatoms. The minimum atomic E-state index is 0.648. The van der Waals surface area contributed by atoms with Crippen molar-refractivity contribution in [1.29, 1.82) is 0 Å². The summed E-state index contributed by atoms with van der Waals surface area (Å²) in [4.78, 5) is 11.6. The molecule has 1 aliphatic heterocycles. The molecule has 0 bridgehead atoms. The fraction of sp³-hybridized carbons (Fsp3) is 0.533. The van der Waals surface area contributed by atoms with Crippen LogP contribution in [0.3, 0.4) is 0 Å². The van der Waals surface area contributed by atoms with Crippen LogP contribution in [0.4, 0.5) is 0 Å². The van der Waals surface area contributed by atoms with Crippen LogP contribution in [0, 0.1) is 5.92 Å². The first kappa shape index (κ1) is 13.2. The molecule has 1 fully saturated rings. The first-order valence-electron chi connectivity index (χ1n) is 7.26. The van der Waals surface area contributed by atoms with Crippen molar-refractivity contribution in [3.8, 4) is 11.3 Å². The Morgan fingerprint density at radius 3 is 2.80 bits per heavy atom. The van der Waals surface area contributed by atoms with Gasteiger partial charge in [-0.15, -0.1) is 0 Å². The highest BCUT2D eigenvalue weighted by molar-refractivity contribution is 5.55. The number of nitrogens with one attached hydrogen (secondary N) is 1. The van der Waals surface area contributed by atoms with Crippen molar-refractivity contribution in [1.82, 2.24) is 25.1 Å². The largest absolute Gasteiger partial charge is 0.301 e. The topological polar surface area (TPSA) is 57.7 Å². The molecule has 2 aromatic rings. The lowest BCUT2D eigenvalue weighted by Gasteiger charge is -2.20. The Morgan fingerprint density at radius 2 is 2.20 bits per heavy atom. The zero-order valence-electron chi connectivity index (χ0n) is 12.1. The molecule has 0 amide bonds. The molecule has 0 spiro atoms. The lowest BCUT2D eigenvalue weighted by molar-refractivity contribution is 0.264. The summed E-state index contributed by atoms with van der Waals surface area (Å²) in [6.07, 6.45) is 9.64. The third-order valence-corrected chi connectivity index (χ3v) is 4.04. The number of hydrogen-bond donors (Lipinski definition) is 1. The van der Waals surface area contributed by atoms with Crippen molar-refractivity contribution in [2.24, 2.45) is 5.92 Å². The van der Waals surface area contributed by atoms with E-state index in [2.05, 4.69) is 38.9 Å². The standard InChI is InChI=1S/C15H21N5/c1-11(2)20-4-3-12(10-20)5-14-8-17-15(9-16-14)13-6-18-19-7-13/h6-9,11-12H,3-5,10H2,1-2H3,(H,18,19)/t12-/m1/s1. The lowest BCUT2D eigenvalue weighted by Crippen LogP contribution is -2.28. The van der Waals surface area contributed by atoms with Crippen LogP contribution in [0.25, 0.3) is 11.3 Å². The van der Waals surface area contributed by atoms with Gasteiger partial charge in [-0.3, -0.25) is 15.1 Å². The van der Waals surface area contributed by atoms with Crippen LogP contribution < -0.4 is 0 Å². The molecule has 1 N–H and O–H groups in total. The maximum absolute atomic E-state index is 4.55. The van der Waals surface area contributed by atoms with Gasteiger partial charge in [0.2, 0.25) is 0 Å². The molecule has 106 valence electrons. The van der Waals surface area contributed by atoms with E-state index in [9.17, 15) is 0 Å². The number of aromatic amines is 1. The van der Waals surface area contributed by atoms with E-state index in [1.54, 1.807) is 6.20 Å². The molecule has 2 aromatic heterocycles. The fourth-order valence-corrected chi connectivity index (χ4v) is 2.79. The van der Waals surface area contributed by atoms with Crippen molar-refractivity contribution >= 4 is 0 Å². The second-order valence-electron chi connectivity index (χ2n) is 5.83. The first-order valence-corrected chi connectivity index (χ1v) is 7.26. The Morgan fingerprint density at radius 1 is 1.30 bits per heavy atom. The van der Waals surface area contributed by atoms with E-state index in [-0.39, 0.29) is 0 Å². The molecule has 0 radical (unpaired) electrons. The van der Waals surface area contributed by atoms with Gasteiger partial charge >= 0.3 is 0 Å². The van der Waals surface area contributed by atoms with Gasteiger partial charge in [0.15, 0.2) is 0 Å². The van der Waals surface area contributed by atoms with E-state index in [1.807, 2.05) is 18.6 Å². The van der Waals surface area contributed by atoms with Crippen molar-refractivity contribution in [2.45, 2.75) is 32.7 Å². The number of likely N-dealkylation sites (tertiary alicyclic amines) is 1. The number of hydrogen-bond acceptors (Lipinski definition) is 4. The van der Waals surface area contributed by atoms with Gasteiger partial charge in [-0.2, -0.15) is 5.10 Å². The Balaban J connectivity index is 1.62. The third kappa shape index (κ3) is 2.88. The molecule has 0 unspecified atom stereocenters. The normalized spacial score (nSPS) is 19.9. The predicted octanol–water partition coefficient (Wildman–Crippen LogP) is 2.14. The Bertz CT molecular complexity index is 532. The van der Waals surface area contributed by atoms with Gasteiger partial charge in [0.25, 0.3) is 0 Å². The molecular weight excluding hydrogens is 250 g/mol. The van der Waals surface area contributed by atoms with Crippen LogP contribution in [-0.4, -0.2) is 44.2 Å². The van der Waals surface area contributed by atoms with Gasteiger partial charge < -0.3 is 4.90 Å². The average Bonchev–Trinajstić information content (AvgIpc) is 3.10. The van der Waals surface area contributed by atoms with E-state index in [0.717, 1.165) is 23.4 Å². The van der Waals surface area contributed by atoms with Gasteiger partial charge in [0, 0.05) is 30.5 Å². The van der Waals surface area contributed by atoms with Gasteiger partial charge in [0.1, 0.15) is 0 Å². The SMILES string of the molecule is CC(C)N1CC[C@H](Cc2cnc(-c3cn[nH]c3)cn2)C1. The van der Waals surface area contributed by atoms with Gasteiger partial charge in [-0.25, -0.2) is 0 Å². The zero-order valence-corrected chi connectivity index (χ0v) is 12.1. The molecule has 1 atom stereocenters. The lowest BCUT2D eigenvalue weighted by atomic mass is 10.0. The molecule has 20 heavy (non-hydrogen) atoms. The zero-order chi connectivity index (χ0) is 13.9. The van der Waals surface area contributed by atoms with Crippen LogP contribution in [0.1, 0.15) is 26.0 Å². The number of rotatable bonds is 4. The Labute approximate surface area is 119 Å². The quantitative estimate of drug-likeness (QED) is 0.925. The summed E-state index contributed by atoms with van der Waals surface area (Å²) < 4.78 is 0. The molecule has 0 saturated carbocycles. The van der Waals surface area contributed by atoms with Crippen LogP contribution in [0.5, 0.6) is 0 Å². The summed E-state index contributed by atoms with van der Waals surface area (Å²) in [6.45, 7) is 6.93. The van der Waals surface area contributed by atoms with E-state index >= 15 is 0 Å². The van der Waals surface area contributed by atoms with Crippen LogP contribution in [-0.2, 0) is 6.42 Å². The smallest absolute Gasteiger partial charge is 0.0916 e. The van der Waals surface area contributed by atoms with Gasteiger partial charge in [-0.05, 0) is 39.2 Å². The Hall–Kier alpha value is -1.75. The van der Waals surface area contributed by atoms with E-state index in [1.165, 1.54) is 19.5 Å². The summed E-state index contributed by atoms with van der Waals surface area (Å²) in [6, 6.07) is 0.648. The van der Waals surface area contributed by atoms with Crippen molar-refractivity contribution in [3.63, 3.8) is 0 Å². The Kier molecular flexibility index (Phi) is 3.78. The number of H-pyrrole nitrogens is 1. The van der Waals surface area contributed by atoms with Crippen molar-refractivity contribution in [2.75, 3.05) is 13.1 Å². The minimum Gasteiger partial charge on any atom is -0.301 e. The molecule has 0 aromatic carbocycles. The predicted molar refractivity (Wildman–Crippen MR) is 78.1 cm³/mol. The summed E-state index contributed by atoms with van der Waals surface area (Å²) in [5, 5.41) is 6.72. The van der Waals surface area contributed by atoms with E-state index < -0.39 is 0 Å². The highest BCUT2D eigenvalue weighted by Gasteiger charge is 2.24. The van der Waals surface area contributed by atoms with Crippen molar-refractivity contribution < 1.29 is 0 Å². The maximum Gasteiger partial charge on any atom is 0.0916 e. The van der Waals surface area contributed by atoms with Crippen LogP contribution in [0.15, 0.2) is 24.8 Å². The number of nitrogens with zero attached hydrogens (tertiary/aromatic N) is 4. The molecule has 1 aliphatic rings. The van der Waals surface area contributed by atoms with E-state index in [0.29, 0.717) is 12.0 Å².